The molecule has 2 aliphatic heterocycles. The molecule has 3 aliphatic rings. The molecule has 0 aromatic rings. The van der Waals surface area contributed by atoms with Crippen LogP contribution in [0.3, 0.4) is 0 Å². The Hall–Kier alpha value is -1.27. The van der Waals surface area contributed by atoms with E-state index in [0.29, 0.717) is 0 Å². The number of fused-ring (bicyclic) bond motifs is 1. The van der Waals surface area contributed by atoms with Crippen LogP contribution in [0.15, 0.2) is 11.8 Å². The first kappa shape index (κ1) is 24.4. The van der Waals surface area contributed by atoms with Crippen molar-refractivity contribution in [1.29, 1.82) is 0 Å². The first-order chi connectivity index (χ1) is 14.8. The van der Waals surface area contributed by atoms with Crippen LogP contribution in [-0.2, 0) is 23.7 Å². The summed E-state index contributed by atoms with van der Waals surface area (Å²) in [6.45, 7) is 3.26. The van der Waals surface area contributed by atoms with E-state index in [-0.39, 0.29) is 49.3 Å². The first-order valence-corrected chi connectivity index (χ1v) is 10.8. The molecule has 0 unspecified atom stereocenters. The van der Waals surface area contributed by atoms with E-state index in [4.69, 9.17) is 18.9 Å². The zero-order valence-corrected chi connectivity index (χ0v) is 17.9. The van der Waals surface area contributed by atoms with Crippen LogP contribution in [0, 0.1) is 23.7 Å². The van der Waals surface area contributed by atoms with E-state index in [1.165, 1.54) is 6.26 Å². The molecule has 31 heavy (non-hydrogen) atoms. The fourth-order valence-corrected chi connectivity index (χ4v) is 4.64. The van der Waals surface area contributed by atoms with Gasteiger partial charge in [0.05, 0.1) is 19.5 Å². The minimum atomic E-state index is -1.52. The molecule has 3 rings (SSSR count). The van der Waals surface area contributed by atoms with E-state index in [1.54, 1.807) is 0 Å². The van der Waals surface area contributed by atoms with Gasteiger partial charge < -0.3 is 44.5 Å². The highest BCUT2D eigenvalue weighted by Crippen LogP contribution is 2.47. The number of carbonyl (C=O) groups is 1. The van der Waals surface area contributed by atoms with Gasteiger partial charge in [-0.1, -0.05) is 13.8 Å². The third-order valence-electron chi connectivity index (χ3n) is 6.32. The van der Waals surface area contributed by atoms with Gasteiger partial charge in [0.2, 0.25) is 6.29 Å². The summed E-state index contributed by atoms with van der Waals surface area (Å²) in [6.07, 6.45) is -4.29. The lowest BCUT2D eigenvalue weighted by Crippen LogP contribution is -2.59. The summed E-state index contributed by atoms with van der Waals surface area (Å²) in [6, 6.07) is 0. The number of aliphatic hydroxyl groups is 5. The number of aliphatic hydroxyl groups excluding tert-OH is 5. The Bertz CT molecular complexity index is 636. The molecule has 0 radical (unpaired) electrons. The molecule has 0 amide bonds. The summed E-state index contributed by atoms with van der Waals surface area (Å²) < 4.78 is 22.3. The molecule has 1 saturated carbocycles. The molecule has 0 aromatic heterocycles. The summed E-state index contributed by atoms with van der Waals surface area (Å²) in [4.78, 5) is 12.2. The van der Waals surface area contributed by atoms with Gasteiger partial charge >= 0.3 is 5.97 Å². The van der Waals surface area contributed by atoms with Gasteiger partial charge in [-0.15, -0.1) is 0 Å². The Kier molecular flexibility index (Phi) is 8.31. The van der Waals surface area contributed by atoms with E-state index >= 15 is 0 Å². The van der Waals surface area contributed by atoms with Crippen LogP contribution in [0.25, 0.3) is 0 Å². The molecule has 1 saturated heterocycles. The Morgan fingerprint density at radius 2 is 1.84 bits per heavy atom. The number of hydrogen-bond acceptors (Lipinski definition) is 10. The normalized spacial score (nSPS) is 40.3. The second-order valence-electron chi connectivity index (χ2n) is 9.00. The van der Waals surface area contributed by atoms with Crippen molar-refractivity contribution in [3.63, 3.8) is 0 Å². The van der Waals surface area contributed by atoms with E-state index in [9.17, 15) is 30.3 Å². The average molecular weight is 446 g/mol. The maximum Gasteiger partial charge on any atom is 0.309 e. The lowest BCUT2D eigenvalue weighted by atomic mass is 9.83. The van der Waals surface area contributed by atoms with Gasteiger partial charge in [-0.05, 0) is 36.2 Å². The third kappa shape index (κ3) is 5.39. The summed E-state index contributed by atoms with van der Waals surface area (Å²) >= 11 is 0. The van der Waals surface area contributed by atoms with Crippen molar-refractivity contribution in [3.8, 4) is 0 Å². The maximum absolute atomic E-state index is 12.2. The molecular formula is C21H34O10. The van der Waals surface area contributed by atoms with E-state index in [0.717, 1.165) is 18.4 Å². The van der Waals surface area contributed by atoms with Gasteiger partial charge in [0.1, 0.15) is 24.4 Å². The SMILES string of the molecule is CC(C)CC(=O)O[C@@H]1OC=C(CO[C@@H]2O[C@H](CO)[C@@H](O)[C@H](O)[C@H]2O)[C@H]2CC[C@H](CO)[C@@H]12. The van der Waals surface area contributed by atoms with Gasteiger partial charge in [0, 0.05) is 18.9 Å². The van der Waals surface area contributed by atoms with Crippen molar-refractivity contribution in [1.82, 2.24) is 0 Å². The molecule has 10 heteroatoms. The zero-order chi connectivity index (χ0) is 22.7. The van der Waals surface area contributed by atoms with Crippen LogP contribution in [0.2, 0.25) is 0 Å². The van der Waals surface area contributed by atoms with Crippen LogP contribution in [0.4, 0.5) is 0 Å². The fraction of sp³-hybridized carbons (Fsp3) is 0.857. The number of ether oxygens (including phenoxy) is 4. The van der Waals surface area contributed by atoms with Crippen LogP contribution >= 0.6 is 0 Å². The number of carbonyl (C=O) groups excluding carboxylic acids is 1. The van der Waals surface area contributed by atoms with Gasteiger partial charge in [0.15, 0.2) is 6.29 Å². The zero-order valence-electron chi connectivity index (χ0n) is 17.9. The monoisotopic (exact) mass is 446 g/mol. The minimum absolute atomic E-state index is 0.00860. The Morgan fingerprint density at radius 3 is 2.48 bits per heavy atom. The van der Waals surface area contributed by atoms with E-state index in [1.807, 2.05) is 13.8 Å². The van der Waals surface area contributed by atoms with Gasteiger partial charge in [-0.2, -0.15) is 0 Å². The summed E-state index contributed by atoms with van der Waals surface area (Å²) in [7, 11) is 0. The number of rotatable bonds is 8. The second kappa shape index (κ2) is 10.6. The molecule has 2 fully saturated rings. The van der Waals surface area contributed by atoms with Crippen molar-refractivity contribution < 1.29 is 49.3 Å². The molecule has 1 aliphatic carbocycles. The standard InChI is InChI=1S/C21H34O10/c1-10(2)5-15(24)31-20-16-11(6-22)3-4-13(16)12(8-28-20)9-29-21-19(27)18(26)17(25)14(7-23)30-21/h8,10-11,13-14,16-23,25-27H,3-7,9H2,1-2H3/t11-,13-,14-,16-,17-,18+,19-,20+,21-/m1/s1. The van der Waals surface area contributed by atoms with Crippen LogP contribution in [-0.4, -0.2) is 88.3 Å². The van der Waals surface area contributed by atoms with E-state index < -0.39 is 43.6 Å². The molecule has 0 aromatic carbocycles. The molecule has 0 bridgehead atoms. The lowest BCUT2D eigenvalue weighted by Gasteiger charge is -2.40. The van der Waals surface area contributed by atoms with Gasteiger partial charge in [-0.3, -0.25) is 4.79 Å². The fourth-order valence-electron chi connectivity index (χ4n) is 4.64. The lowest BCUT2D eigenvalue weighted by molar-refractivity contribution is -0.299. The Labute approximate surface area is 181 Å². The van der Waals surface area contributed by atoms with Crippen LogP contribution < -0.4 is 0 Å². The van der Waals surface area contributed by atoms with Crippen LogP contribution in [0.1, 0.15) is 33.1 Å². The molecule has 2 heterocycles. The van der Waals surface area contributed by atoms with Crippen molar-refractivity contribution in [2.45, 2.75) is 70.1 Å². The first-order valence-electron chi connectivity index (χ1n) is 10.8. The topological polar surface area (TPSA) is 155 Å². The molecule has 10 nitrogen and oxygen atoms in total. The van der Waals surface area contributed by atoms with Crippen molar-refractivity contribution in [3.05, 3.63) is 11.8 Å². The minimum Gasteiger partial charge on any atom is -0.462 e. The van der Waals surface area contributed by atoms with Crippen molar-refractivity contribution in [2.75, 3.05) is 19.8 Å². The van der Waals surface area contributed by atoms with Gasteiger partial charge in [0.25, 0.3) is 0 Å². The Balaban J connectivity index is 1.66. The summed E-state index contributed by atoms with van der Waals surface area (Å²) in [5.74, 6) is -0.552. The van der Waals surface area contributed by atoms with Crippen molar-refractivity contribution >= 4 is 5.97 Å². The predicted octanol–water partition coefficient (Wildman–Crippen LogP) is -0.733. The smallest absolute Gasteiger partial charge is 0.309 e. The molecule has 178 valence electrons. The maximum atomic E-state index is 12.2. The molecular weight excluding hydrogens is 412 g/mol. The quantitative estimate of drug-likeness (QED) is 0.301. The highest BCUT2D eigenvalue weighted by atomic mass is 16.7. The number of hydrogen-bond donors (Lipinski definition) is 5. The van der Waals surface area contributed by atoms with Crippen molar-refractivity contribution in [2.24, 2.45) is 23.7 Å². The summed E-state index contributed by atoms with van der Waals surface area (Å²) in [5, 5.41) is 49.0. The Morgan fingerprint density at radius 1 is 1.10 bits per heavy atom. The largest absolute Gasteiger partial charge is 0.462 e. The highest BCUT2D eigenvalue weighted by molar-refractivity contribution is 5.69. The summed E-state index contributed by atoms with van der Waals surface area (Å²) in [5.41, 5.74) is 0.758. The second-order valence-corrected chi connectivity index (χ2v) is 9.00. The average Bonchev–Trinajstić information content (AvgIpc) is 3.17. The molecule has 0 spiro atoms. The number of esters is 1. The van der Waals surface area contributed by atoms with Crippen LogP contribution in [0.5, 0.6) is 0 Å². The van der Waals surface area contributed by atoms with Gasteiger partial charge in [-0.25, -0.2) is 0 Å². The molecule has 9 atom stereocenters. The predicted molar refractivity (Wildman–Crippen MR) is 105 cm³/mol. The van der Waals surface area contributed by atoms with E-state index in [2.05, 4.69) is 0 Å². The highest BCUT2D eigenvalue weighted by Gasteiger charge is 2.48. The third-order valence-corrected chi connectivity index (χ3v) is 6.32. The molecule has 5 N–H and O–H groups in total.